The molecule has 5 nitrogen and oxygen atoms in total. The number of halogens is 1. The van der Waals surface area contributed by atoms with Gasteiger partial charge in [-0.05, 0) is 31.2 Å². The maximum atomic E-state index is 13.1. The topological polar surface area (TPSA) is 56.4 Å². The molecule has 0 spiro atoms. The fourth-order valence-corrected chi connectivity index (χ4v) is 2.40. The predicted molar refractivity (Wildman–Crippen MR) is 71.5 cm³/mol. The quantitative estimate of drug-likeness (QED) is 0.904. The fraction of sp³-hybridized carbons (Fsp3) is 0.286. The molecule has 1 N–H and O–H groups in total. The Morgan fingerprint density at radius 3 is 2.90 bits per heavy atom. The summed E-state index contributed by atoms with van der Waals surface area (Å²) in [5.41, 5.74) is 1.07. The van der Waals surface area contributed by atoms with Crippen LogP contribution in [0.25, 0.3) is 10.9 Å². The van der Waals surface area contributed by atoms with E-state index in [4.69, 9.17) is 0 Å². The summed E-state index contributed by atoms with van der Waals surface area (Å²) in [6, 6.07) is 5.91. The maximum absolute atomic E-state index is 13.1. The molecule has 1 fully saturated rings. The number of carbonyl (C=O) groups excluding carboxylic acids is 2. The number of benzene rings is 1. The van der Waals surface area contributed by atoms with Gasteiger partial charge in [-0.25, -0.2) is 4.39 Å². The van der Waals surface area contributed by atoms with E-state index >= 15 is 0 Å². The Kier molecular flexibility index (Phi) is 2.93. The molecule has 6 heteroatoms. The van der Waals surface area contributed by atoms with E-state index < -0.39 is 0 Å². The number of rotatable bonds is 2. The number of hydrogen-bond donors (Lipinski definition) is 1. The number of likely N-dealkylation sites (N-methyl/N-ethyl adjacent to an activating group) is 1. The molecule has 0 aliphatic carbocycles. The van der Waals surface area contributed by atoms with Crippen LogP contribution >= 0.6 is 0 Å². The largest absolute Gasteiger partial charge is 0.351 e. The van der Waals surface area contributed by atoms with Gasteiger partial charge in [-0.3, -0.25) is 9.59 Å². The van der Waals surface area contributed by atoms with Gasteiger partial charge in [-0.2, -0.15) is 0 Å². The Bertz CT molecular complexity index is 695. The molecule has 1 aliphatic rings. The van der Waals surface area contributed by atoms with Gasteiger partial charge in [-0.1, -0.05) is 0 Å². The van der Waals surface area contributed by atoms with Crippen LogP contribution in [-0.4, -0.2) is 46.4 Å². The first-order valence-corrected chi connectivity index (χ1v) is 6.44. The standard InChI is InChI=1S/C14H14FN3O2/c1-2-17-8-18(7-13(17)19)14(20)12-6-9-5-10(15)3-4-11(9)16-12/h3-6,16H,2,7-8H2,1H3. The van der Waals surface area contributed by atoms with E-state index in [1.165, 1.54) is 17.0 Å². The smallest absolute Gasteiger partial charge is 0.272 e. The first kappa shape index (κ1) is 12.7. The lowest BCUT2D eigenvalue weighted by Gasteiger charge is -2.15. The van der Waals surface area contributed by atoms with Gasteiger partial charge in [0.1, 0.15) is 18.1 Å². The van der Waals surface area contributed by atoms with Crippen molar-refractivity contribution in [2.45, 2.75) is 6.92 Å². The number of aromatic nitrogens is 1. The van der Waals surface area contributed by atoms with Crippen molar-refractivity contribution in [1.82, 2.24) is 14.8 Å². The Balaban J connectivity index is 1.87. The van der Waals surface area contributed by atoms with Gasteiger partial charge in [0.15, 0.2) is 0 Å². The summed E-state index contributed by atoms with van der Waals surface area (Å²) in [5.74, 6) is -0.641. The van der Waals surface area contributed by atoms with Crippen molar-refractivity contribution in [1.29, 1.82) is 0 Å². The van der Waals surface area contributed by atoms with E-state index in [0.717, 1.165) is 0 Å². The average Bonchev–Trinajstić information content (AvgIpc) is 3.00. The molecule has 2 heterocycles. The third-order valence-corrected chi connectivity index (χ3v) is 3.50. The highest BCUT2D eigenvalue weighted by Gasteiger charge is 2.30. The molecule has 1 aliphatic heterocycles. The van der Waals surface area contributed by atoms with Crippen LogP contribution in [0.1, 0.15) is 17.4 Å². The Morgan fingerprint density at radius 1 is 1.40 bits per heavy atom. The second kappa shape index (κ2) is 4.63. The summed E-state index contributed by atoms with van der Waals surface area (Å²) in [7, 11) is 0. The highest BCUT2D eigenvalue weighted by molar-refractivity contribution is 6.00. The van der Waals surface area contributed by atoms with Crippen LogP contribution in [0.3, 0.4) is 0 Å². The van der Waals surface area contributed by atoms with Gasteiger partial charge in [0, 0.05) is 17.4 Å². The monoisotopic (exact) mass is 275 g/mol. The molecule has 1 aromatic carbocycles. The maximum Gasteiger partial charge on any atom is 0.272 e. The van der Waals surface area contributed by atoms with Crippen molar-refractivity contribution < 1.29 is 14.0 Å². The first-order chi connectivity index (χ1) is 9.58. The van der Waals surface area contributed by atoms with E-state index in [2.05, 4.69) is 4.98 Å². The highest BCUT2D eigenvalue weighted by atomic mass is 19.1. The van der Waals surface area contributed by atoms with Crippen LogP contribution in [0.2, 0.25) is 0 Å². The van der Waals surface area contributed by atoms with Gasteiger partial charge in [0.2, 0.25) is 5.91 Å². The van der Waals surface area contributed by atoms with Crippen molar-refractivity contribution in [2.75, 3.05) is 19.8 Å². The summed E-state index contributed by atoms with van der Waals surface area (Å²) in [6.07, 6.45) is 0. The van der Waals surface area contributed by atoms with Crippen LogP contribution in [0.15, 0.2) is 24.3 Å². The number of fused-ring (bicyclic) bond motifs is 1. The molecular formula is C14H14FN3O2. The van der Waals surface area contributed by atoms with Crippen molar-refractivity contribution in [3.8, 4) is 0 Å². The van der Waals surface area contributed by atoms with E-state index in [-0.39, 0.29) is 24.2 Å². The molecule has 1 saturated heterocycles. The highest BCUT2D eigenvalue weighted by Crippen LogP contribution is 2.19. The van der Waals surface area contributed by atoms with E-state index in [9.17, 15) is 14.0 Å². The Hall–Kier alpha value is -2.37. The summed E-state index contributed by atoms with van der Waals surface area (Å²) in [6.45, 7) is 2.85. The molecule has 0 bridgehead atoms. The predicted octanol–water partition coefficient (Wildman–Crippen LogP) is 1.57. The molecule has 2 amide bonds. The Labute approximate surface area is 115 Å². The molecule has 3 rings (SSSR count). The van der Waals surface area contributed by atoms with Gasteiger partial charge >= 0.3 is 0 Å². The minimum Gasteiger partial charge on any atom is -0.351 e. The second-order valence-corrected chi connectivity index (χ2v) is 4.81. The molecule has 1 aromatic heterocycles. The summed E-state index contributed by atoms with van der Waals surface area (Å²) < 4.78 is 13.1. The van der Waals surface area contributed by atoms with Gasteiger partial charge in [0.25, 0.3) is 5.91 Å². The molecule has 2 aromatic rings. The zero-order valence-corrected chi connectivity index (χ0v) is 11.0. The van der Waals surface area contributed by atoms with Crippen LogP contribution in [0, 0.1) is 5.82 Å². The second-order valence-electron chi connectivity index (χ2n) is 4.81. The normalized spacial score (nSPS) is 15.4. The summed E-state index contributed by atoms with van der Waals surface area (Å²) in [4.78, 5) is 30.0. The lowest BCUT2D eigenvalue weighted by atomic mass is 10.2. The molecule has 0 unspecified atom stereocenters. The van der Waals surface area contributed by atoms with Crippen LogP contribution in [0.5, 0.6) is 0 Å². The van der Waals surface area contributed by atoms with Gasteiger partial charge < -0.3 is 14.8 Å². The van der Waals surface area contributed by atoms with Crippen LogP contribution in [0.4, 0.5) is 4.39 Å². The van der Waals surface area contributed by atoms with E-state index in [1.807, 2.05) is 6.92 Å². The molecule has 20 heavy (non-hydrogen) atoms. The fourth-order valence-electron chi connectivity index (χ4n) is 2.40. The number of aromatic amines is 1. The lowest BCUT2D eigenvalue weighted by Crippen LogP contribution is -2.31. The summed E-state index contributed by atoms with van der Waals surface area (Å²) >= 11 is 0. The lowest BCUT2D eigenvalue weighted by molar-refractivity contribution is -0.126. The number of H-pyrrole nitrogens is 1. The number of amides is 2. The minimum atomic E-state index is -0.344. The number of nitrogens with one attached hydrogen (secondary N) is 1. The SMILES string of the molecule is CCN1CN(C(=O)c2cc3cc(F)ccc3[nH]2)CC1=O. The Morgan fingerprint density at radius 2 is 2.20 bits per heavy atom. The first-order valence-electron chi connectivity index (χ1n) is 6.44. The van der Waals surface area contributed by atoms with Gasteiger partial charge in [0.05, 0.1) is 6.67 Å². The van der Waals surface area contributed by atoms with Crippen molar-refractivity contribution in [3.63, 3.8) is 0 Å². The third-order valence-electron chi connectivity index (χ3n) is 3.50. The average molecular weight is 275 g/mol. The van der Waals surface area contributed by atoms with E-state index in [0.29, 0.717) is 29.8 Å². The number of carbonyl (C=O) groups is 2. The van der Waals surface area contributed by atoms with Crippen molar-refractivity contribution >= 4 is 22.7 Å². The zero-order valence-electron chi connectivity index (χ0n) is 11.0. The third kappa shape index (κ3) is 2.03. The number of hydrogen-bond acceptors (Lipinski definition) is 2. The van der Waals surface area contributed by atoms with E-state index in [1.54, 1.807) is 17.0 Å². The number of nitrogens with zero attached hydrogens (tertiary/aromatic N) is 2. The molecular weight excluding hydrogens is 261 g/mol. The summed E-state index contributed by atoms with van der Waals surface area (Å²) in [5, 5.41) is 0.645. The van der Waals surface area contributed by atoms with Crippen LogP contribution < -0.4 is 0 Å². The van der Waals surface area contributed by atoms with Crippen LogP contribution in [-0.2, 0) is 4.79 Å². The molecule has 0 saturated carbocycles. The zero-order chi connectivity index (χ0) is 14.3. The minimum absolute atomic E-state index is 0.0528. The van der Waals surface area contributed by atoms with Crippen molar-refractivity contribution in [2.24, 2.45) is 0 Å². The molecule has 104 valence electrons. The molecule has 0 atom stereocenters. The van der Waals surface area contributed by atoms with Crippen molar-refractivity contribution in [3.05, 3.63) is 35.8 Å². The van der Waals surface area contributed by atoms with Gasteiger partial charge in [-0.15, -0.1) is 0 Å². The molecule has 0 radical (unpaired) electrons.